The van der Waals surface area contributed by atoms with E-state index in [-0.39, 0.29) is 23.8 Å². The number of ether oxygens (including phenoxy) is 2. The summed E-state index contributed by atoms with van der Waals surface area (Å²) in [5.41, 5.74) is 0.544. The maximum absolute atomic E-state index is 12.9. The van der Waals surface area contributed by atoms with E-state index in [0.717, 1.165) is 19.4 Å². The SMILES string of the molecule is COc1cc(OC)cc(C(=O)N2CCC(C(=O)NC3CCNC(C)C3)CC2)c1. The second-order valence-electron chi connectivity index (χ2n) is 7.75. The number of piperidine rings is 2. The lowest BCUT2D eigenvalue weighted by molar-refractivity contribution is -0.127. The first-order chi connectivity index (χ1) is 13.5. The van der Waals surface area contributed by atoms with Crippen LogP contribution in [-0.2, 0) is 4.79 Å². The summed E-state index contributed by atoms with van der Waals surface area (Å²) in [6.07, 6.45) is 3.34. The second kappa shape index (κ2) is 9.28. The summed E-state index contributed by atoms with van der Waals surface area (Å²) in [5, 5.41) is 6.61. The Labute approximate surface area is 166 Å². The zero-order valence-corrected chi connectivity index (χ0v) is 17.0. The number of benzene rings is 1. The van der Waals surface area contributed by atoms with Crippen molar-refractivity contribution in [3.63, 3.8) is 0 Å². The molecule has 7 heteroatoms. The van der Waals surface area contributed by atoms with Crippen LogP contribution in [0.2, 0.25) is 0 Å². The van der Waals surface area contributed by atoms with E-state index in [4.69, 9.17) is 9.47 Å². The van der Waals surface area contributed by atoms with Crippen LogP contribution in [0.1, 0.15) is 43.0 Å². The molecule has 2 unspecified atom stereocenters. The molecule has 7 nitrogen and oxygen atoms in total. The zero-order valence-electron chi connectivity index (χ0n) is 17.0. The molecule has 0 radical (unpaired) electrons. The van der Waals surface area contributed by atoms with Gasteiger partial charge in [-0.15, -0.1) is 0 Å². The average Bonchev–Trinajstić information content (AvgIpc) is 2.72. The Kier molecular flexibility index (Phi) is 6.78. The Morgan fingerprint density at radius 3 is 2.29 bits per heavy atom. The Morgan fingerprint density at radius 1 is 1.07 bits per heavy atom. The van der Waals surface area contributed by atoms with Crippen LogP contribution in [0.5, 0.6) is 11.5 Å². The summed E-state index contributed by atoms with van der Waals surface area (Å²) in [6.45, 7) is 4.26. The Morgan fingerprint density at radius 2 is 1.71 bits per heavy atom. The van der Waals surface area contributed by atoms with E-state index in [2.05, 4.69) is 17.6 Å². The number of rotatable bonds is 5. The van der Waals surface area contributed by atoms with Gasteiger partial charge in [0.1, 0.15) is 11.5 Å². The van der Waals surface area contributed by atoms with Crippen LogP contribution in [0.25, 0.3) is 0 Å². The van der Waals surface area contributed by atoms with Gasteiger partial charge < -0.3 is 25.0 Å². The summed E-state index contributed by atoms with van der Waals surface area (Å²) >= 11 is 0. The molecule has 2 saturated heterocycles. The Balaban J connectivity index is 1.54. The molecule has 2 N–H and O–H groups in total. The van der Waals surface area contributed by atoms with Crippen molar-refractivity contribution >= 4 is 11.8 Å². The molecule has 2 fully saturated rings. The molecule has 0 saturated carbocycles. The summed E-state index contributed by atoms with van der Waals surface area (Å²) in [4.78, 5) is 27.3. The normalized spacial score (nSPS) is 23.2. The van der Waals surface area contributed by atoms with Crippen LogP contribution in [0.3, 0.4) is 0 Å². The third-order valence-electron chi connectivity index (χ3n) is 5.72. The van der Waals surface area contributed by atoms with Gasteiger partial charge in [0.15, 0.2) is 0 Å². The number of carbonyl (C=O) groups is 2. The van der Waals surface area contributed by atoms with Crippen molar-refractivity contribution in [1.82, 2.24) is 15.5 Å². The van der Waals surface area contributed by atoms with Crippen LogP contribution in [0.15, 0.2) is 18.2 Å². The number of carbonyl (C=O) groups excluding carboxylic acids is 2. The van der Waals surface area contributed by atoms with E-state index < -0.39 is 0 Å². The molecule has 0 bridgehead atoms. The molecular formula is C21H31N3O4. The van der Waals surface area contributed by atoms with Gasteiger partial charge in [-0.05, 0) is 51.3 Å². The van der Waals surface area contributed by atoms with E-state index in [0.29, 0.717) is 49.0 Å². The highest BCUT2D eigenvalue weighted by Gasteiger charge is 2.30. The molecule has 1 aromatic rings. The van der Waals surface area contributed by atoms with E-state index >= 15 is 0 Å². The van der Waals surface area contributed by atoms with Crippen LogP contribution < -0.4 is 20.1 Å². The molecule has 2 heterocycles. The minimum Gasteiger partial charge on any atom is -0.497 e. The first-order valence-corrected chi connectivity index (χ1v) is 10.1. The van der Waals surface area contributed by atoms with Crippen molar-refractivity contribution in [2.24, 2.45) is 5.92 Å². The lowest BCUT2D eigenvalue weighted by Gasteiger charge is -2.34. The molecule has 2 aliphatic heterocycles. The highest BCUT2D eigenvalue weighted by molar-refractivity contribution is 5.95. The van der Waals surface area contributed by atoms with Gasteiger partial charge in [0.25, 0.3) is 5.91 Å². The number of nitrogens with one attached hydrogen (secondary N) is 2. The van der Waals surface area contributed by atoms with Crippen molar-refractivity contribution in [3.05, 3.63) is 23.8 Å². The van der Waals surface area contributed by atoms with Gasteiger partial charge in [-0.2, -0.15) is 0 Å². The summed E-state index contributed by atoms with van der Waals surface area (Å²) in [6, 6.07) is 5.89. The van der Waals surface area contributed by atoms with Gasteiger partial charge in [-0.3, -0.25) is 9.59 Å². The number of methoxy groups -OCH3 is 2. The number of hydrogen-bond donors (Lipinski definition) is 2. The van der Waals surface area contributed by atoms with Gasteiger partial charge in [-0.1, -0.05) is 0 Å². The molecule has 2 atom stereocenters. The molecule has 3 rings (SSSR count). The molecule has 2 amide bonds. The zero-order chi connectivity index (χ0) is 20.1. The molecular weight excluding hydrogens is 358 g/mol. The van der Waals surface area contributed by atoms with E-state index in [1.54, 1.807) is 32.4 Å². The van der Waals surface area contributed by atoms with Gasteiger partial charge in [0.05, 0.1) is 14.2 Å². The summed E-state index contributed by atoms with van der Waals surface area (Å²) in [7, 11) is 3.13. The maximum Gasteiger partial charge on any atom is 0.254 e. The van der Waals surface area contributed by atoms with E-state index in [9.17, 15) is 9.59 Å². The second-order valence-corrected chi connectivity index (χ2v) is 7.75. The highest BCUT2D eigenvalue weighted by atomic mass is 16.5. The predicted molar refractivity (Wildman–Crippen MR) is 107 cm³/mol. The molecule has 28 heavy (non-hydrogen) atoms. The molecule has 0 spiro atoms. The maximum atomic E-state index is 12.9. The van der Waals surface area contributed by atoms with Crippen molar-refractivity contribution in [2.75, 3.05) is 33.9 Å². The van der Waals surface area contributed by atoms with Crippen LogP contribution in [-0.4, -0.2) is 62.7 Å². The molecule has 1 aromatic carbocycles. The summed E-state index contributed by atoms with van der Waals surface area (Å²) < 4.78 is 10.5. The van der Waals surface area contributed by atoms with Crippen molar-refractivity contribution in [3.8, 4) is 11.5 Å². The fourth-order valence-electron chi connectivity index (χ4n) is 4.04. The fraction of sp³-hybridized carbons (Fsp3) is 0.619. The number of hydrogen-bond acceptors (Lipinski definition) is 5. The third-order valence-corrected chi connectivity index (χ3v) is 5.72. The topological polar surface area (TPSA) is 79.9 Å². The van der Waals surface area contributed by atoms with Gasteiger partial charge >= 0.3 is 0 Å². The lowest BCUT2D eigenvalue weighted by atomic mass is 9.93. The molecule has 154 valence electrons. The smallest absolute Gasteiger partial charge is 0.254 e. The minimum absolute atomic E-state index is 0.0194. The van der Waals surface area contributed by atoms with Crippen LogP contribution in [0, 0.1) is 5.92 Å². The van der Waals surface area contributed by atoms with Gasteiger partial charge in [-0.25, -0.2) is 0 Å². The largest absolute Gasteiger partial charge is 0.497 e. The lowest BCUT2D eigenvalue weighted by Crippen LogP contribution is -2.49. The van der Waals surface area contributed by atoms with Crippen molar-refractivity contribution in [2.45, 2.75) is 44.7 Å². The molecule has 2 aliphatic rings. The number of likely N-dealkylation sites (tertiary alicyclic amines) is 1. The van der Waals surface area contributed by atoms with Crippen molar-refractivity contribution < 1.29 is 19.1 Å². The van der Waals surface area contributed by atoms with E-state index in [1.807, 2.05) is 4.90 Å². The minimum atomic E-state index is -0.0526. The monoisotopic (exact) mass is 389 g/mol. The van der Waals surface area contributed by atoms with Crippen LogP contribution in [0.4, 0.5) is 0 Å². The third kappa shape index (κ3) is 4.95. The molecule has 0 aliphatic carbocycles. The highest BCUT2D eigenvalue weighted by Crippen LogP contribution is 2.25. The Hall–Kier alpha value is -2.28. The first kappa shape index (κ1) is 20.5. The molecule has 0 aromatic heterocycles. The Bertz CT molecular complexity index is 679. The standard InChI is InChI=1S/C21H31N3O4/c1-14-10-17(4-7-22-14)23-20(25)15-5-8-24(9-6-15)21(26)16-11-18(27-2)13-19(12-16)28-3/h11-15,17,22H,4-10H2,1-3H3,(H,23,25). The quantitative estimate of drug-likeness (QED) is 0.803. The number of nitrogens with zero attached hydrogens (tertiary/aromatic N) is 1. The van der Waals surface area contributed by atoms with Crippen LogP contribution >= 0.6 is 0 Å². The van der Waals surface area contributed by atoms with Crippen molar-refractivity contribution in [1.29, 1.82) is 0 Å². The predicted octanol–water partition coefficient (Wildman–Crippen LogP) is 1.81. The average molecular weight is 389 g/mol. The van der Waals surface area contributed by atoms with Gasteiger partial charge in [0.2, 0.25) is 5.91 Å². The number of amides is 2. The first-order valence-electron chi connectivity index (χ1n) is 10.1. The summed E-state index contributed by atoms with van der Waals surface area (Å²) in [5.74, 6) is 1.24. The van der Waals surface area contributed by atoms with E-state index in [1.165, 1.54) is 0 Å². The fourth-order valence-corrected chi connectivity index (χ4v) is 4.04. The van der Waals surface area contributed by atoms with Gasteiger partial charge in [0, 0.05) is 42.7 Å².